The van der Waals surface area contributed by atoms with Crippen LogP contribution in [-0.2, 0) is 0 Å². The van der Waals surface area contributed by atoms with E-state index in [9.17, 15) is 5.11 Å². The summed E-state index contributed by atoms with van der Waals surface area (Å²) >= 11 is 0. The van der Waals surface area contributed by atoms with E-state index < -0.39 is 0 Å². The Labute approximate surface area is 119 Å². The highest BCUT2D eigenvalue weighted by molar-refractivity contribution is 5.80. The highest BCUT2D eigenvalue weighted by Gasteiger charge is 2.25. The van der Waals surface area contributed by atoms with Gasteiger partial charge in [0.2, 0.25) is 0 Å². The van der Waals surface area contributed by atoms with Gasteiger partial charge in [-0.25, -0.2) is 0 Å². The number of nitrogens with zero attached hydrogens (tertiary/aromatic N) is 1. The van der Waals surface area contributed by atoms with Crippen LogP contribution in [0.1, 0.15) is 60.3 Å². The maximum atomic E-state index is 9.24. The second-order valence-electron chi connectivity index (χ2n) is 5.33. The van der Waals surface area contributed by atoms with Crippen LogP contribution >= 0.6 is 0 Å². The number of aliphatic hydroxyl groups is 1. The second-order valence-corrected chi connectivity index (χ2v) is 5.33. The lowest BCUT2D eigenvalue weighted by atomic mass is 9.79. The molecule has 0 amide bonds. The molecule has 0 aliphatic heterocycles. The molecule has 0 radical (unpaired) electrons. The predicted octanol–water partition coefficient (Wildman–Crippen LogP) is 2.53. The molecule has 4 heteroatoms. The van der Waals surface area contributed by atoms with Gasteiger partial charge in [-0.2, -0.15) is 0 Å². The molecule has 0 heterocycles. The van der Waals surface area contributed by atoms with Crippen LogP contribution in [0.5, 0.6) is 0 Å². The fourth-order valence-electron chi connectivity index (χ4n) is 2.05. The molecule has 3 N–H and O–H groups in total. The summed E-state index contributed by atoms with van der Waals surface area (Å²) < 4.78 is 0. The van der Waals surface area contributed by atoms with Crippen LogP contribution in [0.15, 0.2) is 4.99 Å². The molecule has 0 spiro atoms. The second kappa shape index (κ2) is 10.1. The first-order chi connectivity index (χ1) is 9.07. The predicted molar refractivity (Wildman–Crippen MR) is 83.6 cm³/mol. The summed E-state index contributed by atoms with van der Waals surface area (Å²) in [4.78, 5) is 4.72. The lowest BCUT2D eigenvalue weighted by Crippen LogP contribution is -2.42. The molecule has 0 fully saturated rings. The fraction of sp³-hybridized carbons (Fsp3) is 0.933. The highest BCUT2D eigenvalue weighted by Crippen LogP contribution is 2.30. The molecule has 1 unspecified atom stereocenters. The van der Waals surface area contributed by atoms with Crippen molar-refractivity contribution in [2.45, 2.75) is 66.3 Å². The van der Waals surface area contributed by atoms with Crippen molar-refractivity contribution in [2.75, 3.05) is 19.7 Å². The van der Waals surface area contributed by atoms with Gasteiger partial charge in [0.25, 0.3) is 0 Å². The Hall–Kier alpha value is -0.770. The first-order valence-corrected chi connectivity index (χ1v) is 7.73. The van der Waals surface area contributed by atoms with E-state index >= 15 is 0 Å². The normalized spacial score (nSPS) is 14.3. The molecule has 4 nitrogen and oxygen atoms in total. The minimum absolute atomic E-state index is 0.132. The van der Waals surface area contributed by atoms with Crippen LogP contribution in [0, 0.1) is 5.41 Å². The molecule has 0 aromatic heterocycles. The minimum atomic E-state index is 0.132. The van der Waals surface area contributed by atoms with Gasteiger partial charge >= 0.3 is 0 Å². The smallest absolute Gasteiger partial charge is 0.191 e. The lowest BCUT2D eigenvalue weighted by molar-refractivity contribution is 0.175. The fourth-order valence-corrected chi connectivity index (χ4v) is 2.05. The zero-order valence-corrected chi connectivity index (χ0v) is 13.4. The maximum absolute atomic E-state index is 9.24. The van der Waals surface area contributed by atoms with Gasteiger partial charge in [-0.3, -0.25) is 4.99 Å². The van der Waals surface area contributed by atoms with Crippen LogP contribution in [0.2, 0.25) is 0 Å². The molecular weight excluding hydrogens is 238 g/mol. The van der Waals surface area contributed by atoms with Crippen LogP contribution < -0.4 is 10.6 Å². The zero-order valence-electron chi connectivity index (χ0n) is 13.4. The highest BCUT2D eigenvalue weighted by atomic mass is 16.3. The number of rotatable bonds is 9. The van der Waals surface area contributed by atoms with Crippen LogP contribution in [-0.4, -0.2) is 36.8 Å². The summed E-state index contributed by atoms with van der Waals surface area (Å²) in [5, 5.41) is 15.9. The SMILES string of the molecule is CCNC(=NCC(CC)(CC)CCO)NC(C)CC. The van der Waals surface area contributed by atoms with Gasteiger partial charge in [0, 0.05) is 25.7 Å². The number of hydrogen-bond donors (Lipinski definition) is 3. The Balaban J connectivity index is 4.71. The molecular formula is C15H33N3O. The van der Waals surface area contributed by atoms with Gasteiger partial charge in [-0.1, -0.05) is 20.8 Å². The van der Waals surface area contributed by atoms with Crippen LogP contribution in [0.4, 0.5) is 0 Å². The first-order valence-electron chi connectivity index (χ1n) is 7.73. The van der Waals surface area contributed by atoms with Crippen LogP contribution in [0.25, 0.3) is 0 Å². The largest absolute Gasteiger partial charge is 0.396 e. The van der Waals surface area contributed by atoms with Crippen molar-refractivity contribution in [2.24, 2.45) is 10.4 Å². The number of hydrogen-bond acceptors (Lipinski definition) is 2. The van der Waals surface area contributed by atoms with Gasteiger partial charge in [-0.15, -0.1) is 0 Å². The van der Waals surface area contributed by atoms with Gasteiger partial charge in [-0.05, 0) is 44.9 Å². The summed E-state index contributed by atoms with van der Waals surface area (Å²) in [5.74, 6) is 0.890. The molecule has 0 aromatic rings. The molecule has 114 valence electrons. The minimum Gasteiger partial charge on any atom is -0.396 e. The number of guanidine groups is 1. The third-order valence-corrected chi connectivity index (χ3v) is 4.05. The Morgan fingerprint density at radius 3 is 2.26 bits per heavy atom. The van der Waals surface area contributed by atoms with Crippen molar-refractivity contribution in [3.05, 3.63) is 0 Å². The van der Waals surface area contributed by atoms with Crippen molar-refractivity contribution in [1.29, 1.82) is 0 Å². The molecule has 0 rings (SSSR count). The van der Waals surface area contributed by atoms with Crippen molar-refractivity contribution in [3.8, 4) is 0 Å². The third kappa shape index (κ3) is 6.81. The summed E-state index contributed by atoms with van der Waals surface area (Å²) in [6, 6.07) is 0.424. The molecule has 0 saturated heterocycles. The van der Waals surface area contributed by atoms with E-state index in [2.05, 4.69) is 45.3 Å². The molecule has 0 saturated carbocycles. The Morgan fingerprint density at radius 1 is 1.21 bits per heavy atom. The van der Waals surface area contributed by atoms with Crippen molar-refractivity contribution >= 4 is 5.96 Å². The molecule has 1 atom stereocenters. The van der Waals surface area contributed by atoms with E-state index in [4.69, 9.17) is 4.99 Å². The lowest BCUT2D eigenvalue weighted by Gasteiger charge is -2.29. The summed E-state index contributed by atoms with van der Waals surface area (Å²) in [5.41, 5.74) is 0.132. The van der Waals surface area contributed by atoms with Crippen molar-refractivity contribution < 1.29 is 5.11 Å². The maximum Gasteiger partial charge on any atom is 0.191 e. The first kappa shape index (κ1) is 18.2. The van der Waals surface area contributed by atoms with Gasteiger partial charge in [0.1, 0.15) is 0 Å². The molecule has 19 heavy (non-hydrogen) atoms. The number of aliphatic imine (C=N–C) groups is 1. The quantitative estimate of drug-likeness (QED) is 0.446. The number of aliphatic hydroxyl groups excluding tert-OH is 1. The number of nitrogens with one attached hydrogen (secondary N) is 2. The molecule has 0 aliphatic rings. The van der Waals surface area contributed by atoms with E-state index in [0.717, 1.165) is 44.7 Å². The zero-order chi connectivity index (χ0) is 14.7. The summed E-state index contributed by atoms with van der Waals surface area (Å²) in [6.07, 6.45) is 4.01. The Kier molecular flexibility index (Phi) is 9.66. The van der Waals surface area contributed by atoms with Gasteiger partial charge in [0.05, 0.1) is 0 Å². The van der Waals surface area contributed by atoms with E-state index in [1.807, 2.05) is 0 Å². The van der Waals surface area contributed by atoms with Gasteiger partial charge < -0.3 is 15.7 Å². The third-order valence-electron chi connectivity index (χ3n) is 4.05. The molecule has 0 aliphatic carbocycles. The molecule has 0 bridgehead atoms. The van der Waals surface area contributed by atoms with Gasteiger partial charge in [0.15, 0.2) is 5.96 Å². The average Bonchev–Trinajstić information content (AvgIpc) is 2.43. The van der Waals surface area contributed by atoms with Crippen molar-refractivity contribution in [3.63, 3.8) is 0 Å². The van der Waals surface area contributed by atoms with E-state index in [1.54, 1.807) is 0 Å². The monoisotopic (exact) mass is 271 g/mol. The summed E-state index contributed by atoms with van der Waals surface area (Å²) in [7, 11) is 0. The van der Waals surface area contributed by atoms with Crippen molar-refractivity contribution in [1.82, 2.24) is 10.6 Å². The standard InChI is InChI=1S/C15H33N3O/c1-6-13(5)18-14(16-9-4)17-12-15(7-2,8-3)10-11-19/h13,19H,6-12H2,1-5H3,(H2,16,17,18). The summed E-state index contributed by atoms with van der Waals surface area (Å²) in [6.45, 7) is 12.6. The topological polar surface area (TPSA) is 56.7 Å². The average molecular weight is 271 g/mol. The van der Waals surface area contributed by atoms with E-state index in [-0.39, 0.29) is 12.0 Å². The van der Waals surface area contributed by atoms with Crippen LogP contribution in [0.3, 0.4) is 0 Å². The Bertz CT molecular complexity index is 250. The van der Waals surface area contributed by atoms with E-state index in [0.29, 0.717) is 6.04 Å². The molecule has 0 aromatic carbocycles. The van der Waals surface area contributed by atoms with E-state index in [1.165, 1.54) is 0 Å². The Morgan fingerprint density at radius 2 is 1.84 bits per heavy atom.